The molecule has 5 nitrogen and oxygen atoms in total. The number of likely N-dealkylation sites (tertiary alicyclic amines) is 1. The molecular weight excluding hydrogens is 242 g/mol. The zero-order valence-corrected chi connectivity index (χ0v) is 10.9. The lowest BCUT2D eigenvalue weighted by Crippen LogP contribution is -2.33. The van der Waals surface area contributed by atoms with Crippen molar-refractivity contribution >= 4 is 17.5 Å². The van der Waals surface area contributed by atoms with Crippen LogP contribution < -0.4 is 10.6 Å². The van der Waals surface area contributed by atoms with Crippen LogP contribution in [0.15, 0.2) is 24.3 Å². The highest BCUT2D eigenvalue weighted by Gasteiger charge is 2.44. The van der Waals surface area contributed by atoms with Crippen LogP contribution in [0.1, 0.15) is 12.8 Å². The molecule has 2 saturated heterocycles. The molecule has 2 fully saturated rings. The Bertz CT molecular complexity index is 488. The van der Waals surface area contributed by atoms with E-state index in [0.717, 1.165) is 31.6 Å². The molecule has 2 aliphatic rings. The van der Waals surface area contributed by atoms with E-state index in [9.17, 15) is 4.79 Å². The summed E-state index contributed by atoms with van der Waals surface area (Å²) in [6.07, 6.45) is 1.26. The Labute approximate surface area is 112 Å². The summed E-state index contributed by atoms with van der Waals surface area (Å²) in [7, 11) is 0. The SMILES string of the molecule is Nc1ccc(N2CCC3(CCN(C(=O)O)C3)C2)cc1. The molecule has 1 atom stereocenters. The van der Waals surface area contributed by atoms with Crippen LogP contribution in [0.5, 0.6) is 0 Å². The van der Waals surface area contributed by atoms with E-state index in [1.807, 2.05) is 24.3 Å². The van der Waals surface area contributed by atoms with Crippen LogP contribution in [0.4, 0.5) is 16.2 Å². The largest absolute Gasteiger partial charge is 0.465 e. The summed E-state index contributed by atoms with van der Waals surface area (Å²) in [6.45, 7) is 3.29. The second kappa shape index (κ2) is 4.33. The first-order chi connectivity index (χ1) is 9.08. The van der Waals surface area contributed by atoms with Crippen molar-refractivity contribution in [3.8, 4) is 0 Å². The molecule has 0 aliphatic carbocycles. The van der Waals surface area contributed by atoms with Gasteiger partial charge < -0.3 is 20.6 Å². The Kier molecular flexibility index (Phi) is 2.77. The zero-order valence-electron chi connectivity index (χ0n) is 10.9. The summed E-state index contributed by atoms with van der Waals surface area (Å²) in [5.74, 6) is 0. The van der Waals surface area contributed by atoms with Gasteiger partial charge in [-0.1, -0.05) is 0 Å². The van der Waals surface area contributed by atoms with E-state index < -0.39 is 6.09 Å². The normalized spacial score (nSPS) is 26.3. The third-order valence-electron chi connectivity index (χ3n) is 4.41. The lowest BCUT2D eigenvalue weighted by molar-refractivity contribution is 0.150. The number of nitrogen functional groups attached to an aromatic ring is 1. The highest BCUT2D eigenvalue weighted by atomic mass is 16.4. The van der Waals surface area contributed by atoms with Crippen molar-refractivity contribution in [3.05, 3.63) is 24.3 Å². The maximum atomic E-state index is 11.0. The van der Waals surface area contributed by atoms with Gasteiger partial charge in [0, 0.05) is 43.0 Å². The molecule has 1 amide bonds. The molecule has 3 N–H and O–H groups in total. The van der Waals surface area contributed by atoms with E-state index in [-0.39, 0.29) is 5.41 Å². The summed E-state index contributed by atoms with van der Waals surface area (Å²) in [5.41, 5.74) is 7.81. The van der Waals surface area contributed by atoms with Crippen LogP contribution in [0.25, 0.3) is 0 Å². The van der Waals surface area contributed by atoms with Gasteiger partial charge in [0.1, 0.15) is 0 Å². The van der Waals surface area contributed by atoms with E-state index in [2.05, 4.69) is 4.90 Å². The predicted octanol–water partition coefficient (Wildman–Crippen LogP) is 1.85. The van der Waals surface area contributed by atoms with Gasteiger partial charge >= 0.3 is 6.09 Å². The molecule has 1 unspecified atom stereocenters. The van der Waals surface area contributed by atoms with E-state index in [1.165, 1.54) is 5.69 Å². The average molecular weight is 261 g/mol. The summed E-state index contributed by atoms with van der Waals surface area (Å²) < 4.78 is 0. The number of rotatable bonds is 1. The predicted molar refractivity (Wildman–Crippen MR) is 74.3 cm³/mol. The van der Waals surface area contributed by atoms with Gasteiger partial charge in [-0.25, -0.2) is 4.79 Å². The van der Waals surface area contributed by atoms with Crippen molar-refractivity contribution in [1.82, 2.24) is 4.90 Å². The number of nitrogens with two attached hydrogens (primary N) is 1. The molecule has 0 saturated carbocycles. The monoisotopic (exact) mass is 261 g/mol. The van der Waals surface area contributed by atoms with Crippen LogP contribution in [0.2, 0.25) is 0 Å². The van der Waals surface area contributed by atoms with Crippen molar-refractivity contribution in [1.29, 1.82) is 0 Å². The molecule has 0 aromatic heterocycles. The Hall–Kier alpha value is -1.91. The Morgan fingerprint density at radius 1 is 1.16 bits per heavy atom. The summed E-state index contributed by atoms with van der Waals surface area (Å²) in [5, 5.41) is 9.07. The molecule has 1 aromatic carbocycles. The molecule has 102 valence electrons. The van der Waals surface area contributed by atoms with Crippen LogP contribution >= 0.6 is 0 Å². The lowest BCUT2D eigenvalue weighted by Gasteiger charge is -2.25. The highest BCUT2D eigenvalue weighted by Crippen LogP contribution is 2.41. The van der Waals surface area contributed by atoms with E-state index in [4.69, 9.17) is 10.8 Å². The Morgan fingerprint density at radius 3 is 2.47 bits per heavy atom. The zero-order chi connectivity index (χ0) is 13.5. The third kappa shape index (κ3) is 2.20. The fraction of sp³-hybridized carbons (Fsp3) is 0.500. The van der Waals surface area contributed by atoms with Gasteiger partial charge in [-0.2, -0.15) is 0 Å². The minimum absolute atomic E-state index is 0.153. The maximum absolute atomic E-state index is 11.0. The van der Waals surface area contributed by atoms with Gasteiger partial charge in [0.05, 0.1) is 0 Å². The smallest absolute Gasteiger partial charge is 0.407 e. The highest BCUT2D eigenvalue weighted by molar-refractivity contribution is 5.65. The third-order valence-corrected chi connectivity index (χ3v) is 4.41. The van der Waals surface area contributed by atoms with Crippen LogP contribution in [-0.2, 0) is 0 Å². The number of hydrogen-bond donors (Lipinski definition) is 2. The van der Waals surface area contributed by atoms with Gasteiger partial charge in [0.2, 0.25) is 0 Å². The Morgan fingerprint density at radius 2 is 1.84 bits per heavy atom. The van der Waals surface area contributed by atoms with Crippen molar-refractivity contribution in [2.45, 2.75) is 12.8 Å². The number of carboxylic acid groups (broad SMARTS) is 1. The van der Waals surface area contributed by atoms with E-state index in [1.54, 1.807) is 4.90 Å². The van der Waals surface area contributed by atoms with E-state index in [0.29, 0.717) is 13.1 Å². The standard InChI is InChI=1S/C14H19N3O2/c15-11-1-3-12(4-2-11)16-7-5-14(9-16)6-8-17(10-14)13(18)19/h1-4H,5-10,15H2,(H,18,19). The fourth-order valence-corrected chi connectivity index (χ4v) is 3.27. The van der Waals surface area contributed by atoms with Crippen LogP contribution in [0, 0.1) is 5.41 Å². The topological polar surface area (TPSA) is 69.8 Å². The molecule has 0 radical (unpaired) electrons. The summed E-state index contributed by atoms with van der Waals surface area (Å²) in [4.78, 5) is 14.9. The number of hydrogen-bond acceptors (Lipinski definition) is 3. The first-order valence-corrected chi connectivity index (χ1v) is 6.66. The molecule has 1 spiro atoms. The van der Waals surface area contributed by atoms with Gasteiger partial charge in [-0.15, -0.1) is 0 Å². The first kappa shape index (κ1) is 12.1. The second-order valence-corrected chi connectivity index (χ2v) is 5.72. The van der Waals surface area contributed by atoms with Crippen LogP contribution in [0.3, 0.4) is 0 Å². The quantitative estimate of drug-likeness (QED) is 0.757. The van der Waals surface area contributed by atoms with Crippen molar-refractivity contribution in [2.24, 2.45) is 5.41 Å². The second-order valence-electron chi connectivity index (χ2n) is 5.72. The molecule has 19 heavy (non-hydrogen) atoms. The number of anilines is 2. The molecule has 5 heteroatoms. The number of nitrogens with zero attached hydrogens (tertiary/aromatic N) is 2. The minimum Gasteiger partial charge on any atom is -0.465 e. The van der Waals surface area contributed by atoms with E-state index >= 15 is 0 Å². The fourth-order valence-electron chi connectivity index (χ4n) is 3.27. The Balaban J connectivity index is 1.70. The van der Waals surface area contributed by atoms with Gasteiger partial charge in [-0.3, -0.25) is 0 Å². The summed E-state index contributed by atoms with van der Waals surface area (Å²) >= 11 is 0. The van der Waals surface area contributed by atoms with Crippen molar-refractivity contribution in [3.63, 3.8) is 0 Å². The number of amides is 1. The minimum atomic E-state index is -0.789. The van der Waals surface area contributed by atoms with Gasteiger partial charge in [0.25, 0.3) is 0 Å². The number of carbonyl (C=O) groups is 1. The first-order valence-electron chi connectivity index (χ1n) is 6.66. The molecule has 3 rings (SSSR count). The molecule has 0 bridgehead atoms. The molecule has 2 aliphatic heterocycles. The van der Waals surface area contributed by atoms with Gasteiger partial charge in [-0.05, 0) is 37.1 Å². The van der Waals surface area contributed by atoms with Crippen molar-refractivity contribution in [2.75, 3.05) is 36.8 Å². The number of benzene rings is 1. The summed E-state index contributed by atoms with van der Waals surface area (Å²) in [6, 6.07) is 7.91. The van der Waals surface area contributed by atoms with Gasteiger partial charge in [0.15, 0.2) is 0 Å². The average Bonchev–Trinajstić information content (AvgIpc) is 2.99. The maximum Gasteiger partial charge on any atom is 0.407 e. The lowest BCUT2D eigenvalue weighted by atomic mass is 9.86. The molecule has 2 heterocycles. The molecular formula is C14H19N3O2. The van der Waals surface area contributed by atoms with Crippen LogP contribution in [-0.4, -0.2) is 42.3 Å². The van der Waals surface area contributed by atoms with Crippen molar-refractivity contribution < 1.29 is 9.90 Å². The molecule has 1 aromatic rings.